The molecule has 1 nitrogen and oxygen atoms in total. The smallest absolute Gasteiger partial charge is 0.130 e. The van der Waals surface area contributed by atoms with E-state index in [1.807, 2.05) is 12.1 Å². The highest BCUT2D eigenvalue weighted by atomic mass is 19.1. The summed E-state index contributed by atoms with van der Waals surface area (Å²) in [6.07, 6.45) is 2.87. The molecule has 2 heteroatoms. The van der Waals surface area contributed by atoms with Gasteiger partial charge in [-0.3, -0.25) is 0 Å². The van der Waals surface area contributed by atoms with E-state index >= 15 is 0 Å². The van der Waals surface area contributed by atoms with Gasteiger partial charge < -0.3 is 5.32 Å². The van der Waals surface area contributed by atoms with E-state index in [0.717, 1.165) is 13.0 Å². The second kappa shape index (κ2) is 6.44. The first-order chi connectivity index (χ1) is 7.63. The fourth-order valence-electron chi connectivity index (χ4n) is 1.43. The van der Waals surface area contributed by atoms with Crippen LogP contribution in [0.4, 0.5) is 4.39 Å². The highest BCUT2D eigenvalue weighted by molar-refractivity contribution is 5.53. The van der Waals surface area contributed by atoms with Crippen molar-refractivity contribution in [3.05, 3.63) is 41.2 Å². The molecule has 88 valence electrons. The standard InChI is InChI=1S/C14H20FN/c1-4-12(10-16-11(2)3)9-13-7-5-6-8-14(13)15/h5-9,11,16H,4,10H2,1-3H3. The Morgan fingerprint density at radius 2 is 2.06 bits per heavy atom. The van der Waals surface area contributed by atoms with Crippen LogP contribution in [0.15, 0.2) is 29.8 Å². The highest BCUT2D eigenvalue weighted by Gasteiger charge is 2.00. The van der Waals surface area contributed by atoms with Crippen LogP contribution in [-0.2, 0) is 0 Å². The number of rotatable bonds is 5. The van der Waals surface area contributed by atoms with Crippen LogP contribution in [0.1, 0.15) is 32.8 Å². The average molecular weight is 221 g/mol. The van der Waals surface area contributed by atoms with E-state index in [0.29, 0.717) is 11.6 Å². The third kappa shape index (κ3) is 4.15. The number of halogens is 1. The summed E-state index contributed by atoms with van der Waals surface area (Å²) in [5.74, 6) is -0.155. The van der Waals surface area contributed by atoms with Gasteiger partial charge in [0.15, 0.2) is 0 Å². The lowest BCUT2D eigenvalue weighted by Crippen LogP contribution is -2.24. The monoisotopic (exact) mass is 221 g/mol. The molecule has 0 aromatic heterocycles. The molecule has 0 spiro atoms. The Hall–Kier alpha value is -1.15. The molecule has 0 aliphatic rings. The molecule has 0 fully saturated rings. The number of hydrogen-bond donors (Lipinski definition) is 1. The minimum atomic E-state index is -0.155. The summed E-state index contributed by atoms with van der Waals surface area (Å²) in [7, 11) is 0. The van der Waals surface area contributed by atoms with Gasteiger partial charge in [-0.15, -0.1) is 0 Å². The van der Waals surface area contributed by atoms with Gasteiger partial charge in [-0.05, 0) is 12.5 Å². The molecule has 0 heterocycles. The summed E-state index contributed by atoms with van der Waals surface area (Å²) < 4.78 is 13.4. The van der Waals surface area contributed by atoms with Crippen molar-refractivity contribution < 1.29 is 4.39 Å². The van der Waals surface area contributed by atoms with Crippen LogP contribution in [-0.4, -0.2) is 12.6 Å². The fraction of sp³-hybridized carbons (Fsp3) is 0.429. The average Bonchev–Trinajstić information content (AvgIpc) is 2.26. The van der Waals surface area contributed by atoms with E-state index in [-0.39, 0.29) is 5.82 Å². The molecule has 1 N–H and O–H groups in total. The minimum absolute atomic E-state index is 0.155. The van der Waals surface area contributed by atoms with Gasteiger partial charge in [0.25, 0.3) is 0 Å². The first-order valence-electron chi connectivity index (χ1n) is 5.80. The van der Waals surface area contributed by atoms with Crippen molar-refractivity contribution in [3.8, 4) is 0 Å². The summed E-state index contributed by atoms with van der Waals surface area (Å²) in [5.41, 5.74) is 1.89. The van der Waals surface area contributed by atoms with Gasteiger partial charge >= 0.3 is 0 Å². The minimum Gasteiger partial charge on any atom is -0.311 e. The Labute approximate surface area is 97.4 Å². The molecule has 1 aromatic rings. The van der Waals surface area contributed by atoms with Gasteiger partial charge in [0.1, 0.15) is 5.82 Å². The largest absolute Gasteiger partial charge is 0.311 e. The first-order valence-corrected chi connectivity index (χ1v) is 5.80. The molecule has 0 radical (unpaired) electrons. The van der Waals surface area contributed by atoms with Gasteiger partial charge in [0.2, 0.25) is 0 Å². The molecule has 0 saturated carbocycles. The Morgan fingerprint density at radius 3 is 2.62 bits per heavy atom. The number of hydrogen-bond acceptors (Lipinski definition) is 1. The zero-order valence-electron chi connectivity index (χ0n) is 10.3. The second-order valence-electron chi connectivity index (χ2n) is 4.21. The number of benzene rings is 1. The van der Waals surface area contributed by atoms with E-state index in [2.05, 4.69) is 26.1 Å². The van der Waals surface area contributed by atoms with Gasteiger partial charge in [-0.1, -0.05) is 50.6 Å². The maximum atomic E-state index is 13.4. The summed E-state index contributed by atoms with van der Waals surface area (Å²) in [5, 5.41) is 3.35. The molecule has 0 aliphatic heterocycles. The van der Waals surface area contributed by atoms with Gasteiger partial charge in [0.05, 0.1) is 0 Å². The van der Waals surface area contributed by atoms with E-state index in [4.69, 9.17) is 0 Å². The van der Waals surface area contributed by atoms with Crippen LogP contribution < -0.4 is 5.32 Å². The molecule has 0 unspecified atom stereocenters. The van der Waals surface area contributed by atoms with E-state index in [1.165, 1.54) is 11.6 Å². The van der Waals surface area contributed by atoms with Crippen LogP contribution in [0.3, 0.4) is 0 Å². The molecular formula is C14H20FN. The summed E-state index contributed by atoms with van der Waals surface area (Å²) in [4.78, 5) is 0. The van der Waals surface area contributed by atoms with E-state index in [9.17, 15) is 4.39 Å². The zero-order valence-corrected chi connectivity index (χ0v) is 10.3. The van der Waals surface area contributed by atoms with Crippen molar-refractivity contribution in [1.82, 2.24) is 5.32 Å². The predicted octanol–water partition coefficient (Wildman–Crippen LogP) is 3.62. The maximum Gasteiger partial charge on any atom is 0.130 e. The molecule has 0 amide bonds. The molecule has 16 heavy (non-hydrogen) atoms. The van der Waals surface area contributed by atoms with Crippen molar-refractivity contribution in [1.29, 1.82) is 0 Å². The fourth-order valence-corrected chi connectivity index (χ4v) is 1.43. The first kappa shape index (κ1) is 12.9. The van der Waals surface area contributed by atoms with Gasteiger partial charge in [0, 0.05) is 18.2 Å². The quantitative estimate of drug-likeness (QED) is 0.800. The third-order valence-corrected chi connectivity index (χ3v) is 2.46. The predicted molar refractivity (Wildman–Crippen MR) is 67.8 cm³/mol. The van der Waals surface area contributed by atoms with Gasteiger partial charge in [-0.25, -0.2) is 4.39 Å². The van der Waals surface area contributed by atoms with Crippen molar-refractivity contribution >= 4 is 6.08 Å². The Kier molecular flexibility index (Phi) is 5.20. The van der Waals surface area contributed by atoms with Gasteiger partial charge in [-0.2, -0.15) is 0 Å². The van der Waals surface area contributed by atoms with Crippen molar-refractivity contribution in [3.63, 3.8) is 0 Å². The Bertz CT molecular complexity index is 356. The second-order valence-corrected chi connectivity index (χ2v) is 4.21. The molecule has 0 atom stereocenters. The number of nitrogens with one attached hydrogen (secondary N) is 1. The zero-order chi connectivity index (χ0) is 12.0. The third-order valence-electron chi connectivity index (χ3n) is 2.46. The topological polar surface area (TPSA) is 12.0 Å². The van der Waals surface area contributed by atoms with Crippen LogP contribution >= 0.6 is 0 Å². The Balaban J connectivity index is 2.75. The Morgan fingerprint density at radius 1 is 1.38 bits per heavy atom. The van der Waals surface area contributed by atoms with Crippen LogP contribution in [0.25, 0.3) is 6.08 Å². The van der Waals surface area contributed by atoms with Crippen molar-refractivity contribution in [2.75, 3.05) is 6.54 Å². The van der Waals surface area contributed by atoms with Crippen molar-refractivity contribution in [2.45, 2.75) is 33.2 Å². The maximum absolute atomic E-state index is 13.4. The molecule has 1 aromatic carbocycles. The molecule has 1 rings (SSSR count). The lowest BCUT2D eigenvalue weighted by molar-refractivity contribution is 0.614. The highest BCUT2D eigenvalue weighted by Crippen LogP contribution is 2.12. The lowest BCUT2D eigenvalue weighted by atomic mass is 10.1. The molecule has 0 aliphatic carbocycles. The summed E-state index contributed by atoms with van der Waals surface area (Å²) in [6.45, 7) is 7.13. The van der Waals surface area contributed by atoms with Crippen LogP contribution in [0.2, 0.25) is 0 Å². The summed E-state index contributed by atoms with van der Waals surface area (Å²) >= 11 is 0. The summed E-state index contributed by atoms with van der Waals surface area (Å²) in [6, 6.07) is 7.33. The normalized spacial score (nSPS) is 12.2. The van der Waals surface area contributed by atoms with E-state index in [1.54, 1.807) is 12.1 Å². The lowest BCUT2D eigenvalue weighted by Gasteiger charge is -2.10. The van der Waals surface area contributed by atoms with Crippen molar-refractivity contribution in [2.24, 2.45) is 0 Å². The van der Waals surface area contributed by atoms with E-state index < -0.39 is 0 Å². The molecule has 0 bridgehead atoms. The molecule has 0 saturated heterocycles. The SMILES string of the molecule is CCC(=Cc1ccccc1F)CNC(C)C. The van der Waals surface area contributed by atoms with Crippen LogP contribution in [0, 0.1) is 5.82 Å². The van der Waals surface area contributed by atoms with Crippen LogP contribution in [0.5, 0.6) is 0 Å². The molecular weight excluding hydrogens is 201 g/mol.